The van der Waals surface area contributed by atoms with Gasteiger partial charge in [-0.25, -0.2) is 4.79 Å². The molecule has 0 unspecified atom stereocenters. The summed E-state index contributed by atoms with van der Waals surface area (Å²) in [4.78, 5) is 49.6. The third-order valence-electron chi connectivity index (χ3n) is 4.57. The number of benzene rings is 2. The van der Waals surface area contributed by atoms with Crippen molar-refractivity contribution in [3.8, 4) is 0 Å². The van der Waals surface area contributed by atoms with Crippen LogP contribution in [-0.2, 0) is 9.53 Å². The minimum atomic E-state index is -1.10. The Hall–Kier alpha value is -4.00. The first-order valence-electron chi connectivity index (χ1n) is 8.83. The van der Waals surface area contributed by atoms with Crippen LogP contribution in [0.5, 0.6) is 0 Å². The summed E-state index contributed by atoms with van der Waals surface area (Å²) in [6.07, 6.45) is 0.229. The number of anilines is 1. The van der Waals surface area contributed by atoms with Gasteiger partial charge in [-0.2, -0.15) is 0 Å². The molecule has 1 atom stereocenters. The van der Waals surface area contributed by atoms with E-state index in [-0.39, 0.29) is 28.5 Å². The van der Waals surface area contributed by atoms with E-state index in [4.69, 9.17) is 9.15 Å². The van der Waals surface area contributed by atoms with E-state index < -0.39 is 18.0 Å². The molecule has 7 heteroatoms. The molecule has 29 heavy (non-hydrogen) atoms. The number of ether oxygens (including phenoxy) is 1. The Kier molecular flexibility index (Phi) is 4.56. The van der Waals surface area contributed by atoms with Gasteiger partial charge >= 0.3 is 5.97 Å². The number of amides is 1. The van der Waals surface area contributed by atoms with Gasteiger partial charge in [-0.15, -0.1) is 0 Å². The molecule has 1 aliphatic carbocycles. The number of hydrogen-bond acceptors (Lipinski definition) is 6. The average molecular weight is 389 g/mol. The number of esters is 1. The molecule has 1 N–H and O–H groups in total. The van der Waals surface area contributed by atoms with Gasteiger partial charge in [0.2, 0.25) is 5.76 Å². The first kappa shape index (κ1) is 18.4. The van der Waals surface area contributed by atoms with Crippen molar-refractivity contribution >= 4 is 29.1 Å². The van der Waals surface area contributed by atoms with Crippen LogP contribution in [0.4, 0.5) is 5.69 Å². The molecule has 1 heterocycles. The van der Waals surface area contributed by atoms with Gasteiger partial charge in [0.05, 0.1) is 6.26 Å². The molecule has 0 radical (unpaired) electrons. The Morgan fingerprint density at radius 2 is 1.55 bits per heavy atom. The van der Waals surface area contributed by atoms with Crippen molar-refractivity contribution in [3.63, 3.8) is 0 Å². The summed E-state index contributed by atoms with van der Waals surface area (Å²) < 4.78 is 9.99. The second-order valence-corrected chi connectivity index (χ2v) is 6.48. The minimum absolute atomic E-state index is 0.0128. The topological polar surface area (TPSA) is 103 Å². The van der Waals surface area contributed by atoms with Crippen molar-refractivity contribution in [2.24, 2.45) is 0 Å². The standard InChI is InChI=1S/C22H15NO6/c1-12(29-22(27)18-7-4-10-28-18)21(26)23-13-8-9-16-17(11-13)20(25)15-6-3-2-5-14(15)19(16)24/h2-12H,1H3,(H,23,26)/t12-/m0/s1. The van der Waals surface area contributed by atoms with Crippen LogP contribution in [0.25, 0.3) is 0 Å². The summed E-state index contributed by atoms with van der Waals surface area (Å²) in [5.41, 5.74) is 1.50. The monoisotopic (exact) mass is 389 g/mol. The van der Waals surface area contributed by atoms with Crippen LogP contribution in [-0.4, -0.2) is 29.5 Å². The summed E-state index contributed by atoms with van der Waals surface area (Å²) in [5, 5.41) is 2.59. The van der Waals surface area contributed by atoms with E-state index in [9.17, 15) is 19.2 Å². The molecule has 144 valence electrons. The van der Waals surface area contributed by atoms with Gasteiger partial charge < -0.3 is 14.5 Å². The van der Waals surface area contributed by atoms with Crippen LogP contribution in [0.3, 0.4) is 0 Å². The molecule has 1 amide bonds. The molecule has 0 saturated carbocycles. The molecular weight excluding hydrogens is 374 g/mol. The van der Waals surface area contributed by atoms with Gasteiger partial charge in [0, 0.05) is 27.9 Å². The van der Waals surface area contributed by atoms with Crippen LogP contribution in [0, 0.1) is 0 Å². The zero-order valence-electron chi connectivity index (χ0n) is 15.3. The molecule has 1 aliphatic rings. The highest BCUT2D eigenvalue weighted by Crippen LogP contribution is 2.29. The second kappa shape index (κ2) is 7.20. The van der Waals surface area contributed by atoms with Gasteiger partial charge in [0.15, 0.2) is 17.7 Å². The lowest BCUT2D eigenvalue weighted by Gasteiger charge is -2.18. The third-order valence-corrected chi connectivity index (χ3v) is 4.57. The number of furan rings is 1. The van der Waals surface area contributed by atoms with Gasteiger partial charge in [-0.3, -0.25) is 14.4 Å². The van der Waals surface area contributed by atoms with Gasteiger partial charge in [-0.1, -0.05) is 24.3 Å². The predicted molar refractivity (Wildman–Crippen MR) is 102 cm³/mol. The Bertz CT molecular complexity index is 1150. The maximum Gasteiger partial charge on any atom is 0.374 e. The Labute approximate surface area is 165 Å². The fourth-order valence-corrected chi connectivity index (χ4v) is 3.09. The fourth-order valence-electron chi connectivity index (χ4n) is 3.09. The summed E-state index contributed by atoms with van der Waals surface area (Å²) >= 11 is 0. The highest BCUT2D eigenvalue weighted by Gasteiger charge is 2.29. The van der Waals surface area contributed by atoms with E-state index in [2.05, 4.69) is 5.32 Å². The predicted octanol–water partition coefficient (Wildman–Crippen LogP) is 3.24. The van der Waals surface area contributed by atoms with Crippen molar-refractivity contribution in [2.75, 3.05) is 5.32 Å². The molecule has 0 fully saturated rings. The molecule has 4 rings (SSSR count). The first-order valence-corrected chi connectivity index (χ1v) is 8.83. The van der Waals surface area contributed by atoms with Crippen LogP contribution in [0.1, 0.15) is 49.3 Å². The lowest BCUT2D eigenvalue weighted by molar-refractivity contribution is -0.123. The zero-order valence-corrected chi connectivity index (χ0v) is 15.3. The van der Waals surface area contributed by atoms with Crippen molar-refractivity contribution in [3.05, 3.63) is 88.9 Å². The smallest absolute Gasteiger partial charge is 0.374 e. The van der Waals surface area contributed by atoms with E-state index in [0.29, 0.717) is 16.8 Å². The molecular formula is C22H15NO6. The lowest BCUT2D eigenvalue weighted by atomic mass is 9.84. The molecule has 1 aromatic heterocycles. The number of rotatable bonds is 4. The van der Waals surface area contributed by atoms with E-state index in [1.54, 1.807) is 24.3 Å². The van der Waals surface area contributed by atoms with E-state index in [1.807, 2.05) is 0 Å². The highest BCUT2D eigenvalue weighted by atomic mass is 16.6. The summed E-state index contributed by atoms with van der Waals surface area (Å²) in [5.74, 6) is -1.89. The van der Waals surface area contributed by atoms with E-state index >= 15 is 0 Å². The number of nitrogens with one attached hydrogen (secondary N) is 1. The lowest BCUT2D eigenvalue weighted by Crippen LogP contribution is -2.30. The number of fused-ring (bicyclic) bond motifs is 2. The molecule has 7 nitrogen and oxygen atoms in total. The number of carbonyl (C=O) groups excluding carboxylic acids is 4. The SMILES string of the molecule is C[C@H](OC(=O)c1ccco1)C(=O)Nc1ccc2c(c1)C(=O)c1ccccc1C2=O. The maximum absolute atomic E-state index is 12.8. The van der Waals surface area contributed by atoms with Crippen molar-refractivity contribution < 1.29 is 28.3 Å². The van der Waals surface area contributed by atoms with Crippen molar-refractivity contribution in [2.45, 2.75) is 13.0 Å². The molecule has 3 aromatic rings. The average Bonchev–Trinajstić information content (AvgIpc) is 3.27. The third kappa shape index (κ3) is 3.34. The van der Waals surface area contributed by atoms with Crippen LogP contribution >= 0.6 is 0 Å². The van der Waals surface area contributed by atoms with Gasteiger partial charge in [0.25, 0.3) is 5.91 Å². The van der Waals surface area contributed by atoms with Crippen LogP contribution < -0.4 is 5.32 Å². The largest absolute Gasteiger partial charge is 0.457 e. The van der Waals surface area contributed by atoms with E-state index in [0.717, 1.165) is 0 Å². The highest BCUT2D eigenvalue weighted by molar-refractivity contribution is 6.28. The maximum atomic E-state index is 12.8. The fraction of sp³-hybridized carbons (Fsp3) is 0.0909. The number of ketones is 2. The normalized spacial score (nSPS) is 13.3. The summed E-state index contributed by atoms with van der Waals surface area (Å²) in [6, 6.07) is 14.0. The van der Waals surface area contributed by atoms with Crippen LogP contribution in [0.2, 0.25) is 0 Å². The Morgan fingerprint density at radius 1 is 0.897 bits per heavy atom. The van der Waals surface area contributed by atoms with Crippen LogP contribution in [0.15, 0.2) is 65.3 Å². The number of carbonyl (C=O) groups is 4. The summed E-state index contributed by atoms with van der Waals surface area (Å²) in [6.45, 7) is 1.42. The van der Waals surface area contributed by atoms with Gasteiger partial charge in [0.1, 0.15) is 0 Å². The molecule has 0 bridgehead atoms. The Morgan fingerprint density at radius 3 is 2.21 bits per heavy atom. The van der Waals surface area contributed by atoms with Crippen molar-refractivity contribution in [1.82, 2.24) is 0 Å². The van der Waals surface area contributed by atoms with Crippen molar-refractivity contribution in [1.29, 1.82) is 0 Å². The number of hydrogen-bond donors (Lipinski definition) is 1. The van der Waals surface area contributed by atoms with E-state index in [1.165, 1.54) is 43.5 Å². The van der Waals surface area contributed by atoms with Gasteiger partial charge in [-0.05, 0) is 37.3 Å². The molecule has 2 aromatic carbocycles. The Balaban J connectivity index is 1.52. The minimum Gasteiger partial charge on any atom is -0.457 e. The molecule has 0 aliphatic heterocycles. The second-order valence-electron chi connectivity index (χ2n) is 6.48. The first-order chi connectivity index (χ1) is 14.0. The molecule has 0 saturated heterocycles. The quantitative estimate of drug-likeness (QED) is 0.538. The summed E-state index contributed by atoms with van der Waals surface area (Å²) in [7, 11) is 0. The zero-order chi connectivity index (χ0) is 20.5. The molecule has 0 spiro atoms.